The van der Waals surface area contributed by atoms with Gasteiger partial charge in [0.15, 0.2) is 0 Å². The Kier molecular flexibility index (Phi) is 4.15. The fourth-order valence-corrected chi connectivity index (χ4v) is 2.45. The van der Waals surface area contributed by atoms with Gasteiger partial charge in [-0.05, 0) is 19.4 Å². The number of aryl methyl sites for hydroxylation is 1. The Morgan fingerprint density at radius 2 is 2.29 bits per heavy atom. The number of hydrogen-bond acceptors (Lipinski definition) is 3. The van der Waals surface area contributed by atoms with Crippen molar-refractivity contribution in [1.82, 2.24) is 10.2 Å². The van der Waals surface area contributed by atoms with E-state index in [0.717, 1.165) is 19.6 Å². The molecule has 2 N–H and O–H groups in total. The summed E-state index contributed by atoms with van der Waals surface area (Å²) >= 11 is 0. The van der Waals surface area contributed by atoms with E-state index in [1.807, 2.05) is 0 Å². The highest BCUT2D eigenvalue weighted by Crippen LogP contribution is 2.13. The van der Waals surface area contributed by atoms with E-state index in [1.165, 1.54) is 11.1 Å². The standard InChI is InChI=1S/C14H22N2O/c1-11-4-3-5-13(6-11)9-16-8-12(2)15-7-14(16)10-17/h3-6,12,14-15,17H,7-10H2,1-2H3. The van der Waals surface area contributed by atoms with Gasteiger partial charge in [-0.3, -0.25) is 4.90 Å². The monoisotopic (exact) mass is 234 g/mol. The molecule has 0 spiro atoms. The second-order valence-electron chi connectivity index (χ2n) is 5.06. The largest absolute Gasteiger partial charge is 0.395 e. The predicted octanol–water partition coefficient (Wildman–Crippen LogP) is 1.15. The zero-order chi connectivity index (χ0) is 12.3. The van der Waals surface area contributed by atoms with E-state index in [4.69, 9.17) is 0 Å². The third-order valence-electron chi connectivity index (χ3n) is 3.41. The first kappa shape index (κ1) is 12.6. The van der Waals surface area contributed by atoms with Crippen LogP contribution in [-0.2, 0) is 6.54 Å². The van der Waals surface area contributed by atoms with Gasteiger partial charge < -0.3 is 10.4 Å². The first-order valence-electron chi connectivity index (χ1n) is 6.33. The van der Waals surface area contributed by atoms with Crippen LogP contribution in [0, 0.1) is 6.92 Å². The molecule has 0 aromatic heterocycles. The topological polar surface area (TPSA) is 35.5 Å². The Bertz CT molecular complexity index is 367. The lowest BCUT2D eigenvalue weighted by molar-refractivity contribution is 0.0781. The van der Waals surface area contributed by atoms with Crippen LogP contribution in [0.5, 0.6) is 0 Å². The van der Waals surface area contributed by atoms with Gasteiger partial charge in [-0.15, -0.1) is 0 Å². The first-order valence-corrected chi connectivity index (χ1v) is 6.33. The number of nitrogens with one attached hydrogen (secondary N) is 1. The van der Waals surface area contributed by atoms with Crippen molar-refractivity contribution in [3.05, 3.63) is 35.4 Å². The Labute approximate surface area is 103 Å². The average molecular weight is 234 g/mol. The van der Waals surface area contributed by atoms with Crippen molar-refractivity contribution in [3.63, 3.8) is 0 Å². The number of rotatable bonds is 3. The fourth-order valence-electron chi connectivity index (χ4n) is 2.45. The fraction of sp³-hybridized carbons (Fsp3) is 0.571. The van der Waals surface area contributed by atoms with Crippen molar-refractivity contribution in [1.29, 1.82) is 0 Å². The smallest absolute Gasteiger partial charge is 0.0599 e. The van der Waals surface area contributed by atoms with Gasteiger partial charge in [-0.25, -0.2) is 0 Å². The molecule has 0 amide bonds. The highest BCUT2D eigenvalue weighted by atomic mass is 16.3. The molecule has 2 rings (SSSR count). The SMILES string of the molecule is Cc1cccc(CN2CC(C)NCC2CO)c1. The molecule has 1 fully saturated rings. The van der Waals surface area contributed by atoms with E-state index in [2.05, 4.69) is 48.3 Å². The van der Waals surface area contributed by atoms with Gasteiger partial charge in [-0.2, -0.15) is 0 Å². The first-order chi connectivity index (χ1) is 8.19. The summed E-state index contributed by atoms with van der Waals surface area (Å²) in [5, 5.41) is 12.8. The summed E-state index contributed by atoms with van der Waals surface area (Å²) in [7, 11) is 0. The highest BCUT2D eigenvalue weighted by Gasteiger charge is 2.24. The number of piperazine rings is 1. The van der Waals surface area contributed by atoms with Crippen LogP contribution in [0.15, 0.2) is 24.3 Å². The molecule has 1 aliphatic heterocycles. The second-order valence-corrected chi connectivity index (χ2v) is 5.06. The Morgan fingerprint density at radius 1 is 1.47 bits per heavy atom. The molecule has 17 heavy (non-hydrogen) atoms. The van der Waals surface area contributed by atoms with Crippen molar-refractivity contribution < 1.29 is 5.11 Å². The van der Waals surface area contributed by atoms with Crippen LogP contribution >= 0.6 is 0 Å². The van der Waals surface area contributed by atoms with Crippen molar-refractivity contribution in [2.45, 2.75) is 32.5 Å². The summed E-state index contributed by atoms with van der Waals surface area (Å²) in [6.07, 6.45) is 0. The van der Waals surface area contributed by atoms with Gasteiger partial charge >= 0.3 is 0 Å². The average Bonchev–Trinajstić information content (AvgIpc) is 2.29. The van der Waals surface area contributed by atoms with Crippen molar-refractivity contribution in [3.8, 4) is 0 Å². The number of nitrogens with zero attached hydrogens (tertiary/aromatic N) is 1. The molecule has 2 unspecified atom stereocenters. The van der Waals surface area contributed by atoms with E-state index in [1.54, 1.807) is 0 Å². The molecule has 94 valence electrons. The molecule has 0 radical (unpaired) electrons. The second kappa shape index (κ2) is 5.63. The third-order valence-corrected chi connectivity index (χ3v) is 3.41. The lowest BCUT2D eigenvalue weighted by atomic mass is 10.1. The molecule has 1 aromatic rings. The number of benzene rings is 1. The van der Waals surface area contributed by atoms with Gasteiger partial charge in [0.05, 0.1) is 6.61 Å². The number of aliphatic hydroxyl groups excluding tert-OH is 1. The normalized spacial score (nSPS) is 26.1. The molecule has 0 aliphatic carbocycles. The minimum Gasteiger partial charge on any atom is -0.395 e. The maximum atomic E-state index is 9.40. The molecular formula is C14H22N2O. The number of aliphatic hydroxyl groups is 1. The molecule has 1 heterocycles. The molecule has 2 atom stereocenters. The summed E-state index contributed by atoms with van der Waals surface area (Å²) in [6.45, 7) is 7.34. The minimum absolute atomic E-state index is 0.228. The molecule has 0 saturated carbocycles. The zero-order valence-corrected chi connectivity index (χ0v) is 10.7. The van der Waals surface area contributed by atoms with Gasteiger partial charge in [0, 0.05) is 31.7 Å². The quantitative estimate of drug-likeness (QED) is 0.823. The molecule has 1 aliphatic rings. The maximum Gasteiger partial charge on any atom is 0.0599 e. The summed E-state index contributed by atoms with van der Waals surface area (Å²) in [5.74, 6) is 0. The van der Waals surface area contributed by atoms with Gasteiger partial charge in [0.2, 0.25) is 0 Å². The Balaban J connectivity index is 2.04. The Morgan fingerprint density at radius 3 is 3.00 bits per heavy atom. The van der Waals surface area contributed by atoms with Crippen LogP contribution in [0.4, 0.5) is 0 Å². The maximum absolute atomic E-state index is 9.40. The lowest BCUT2D eigenvalue weighted by Crippen LogP contribution is -2.56. The van der Waals surface area contributed by atoms with Crippen LogP contribution < -0.4 is 5.32 Å². The van der Waals surface area contributed by atoms with E-state index in [9.17, 15) is 5.11 Å². The van der Waals surface area contributed by atoms with Gasteiger partial charge in [-0.1, -0.05) is 29.8 Å². The Hall–Kier alpha value is -0.900. The molecule has 3 heteroatoms. The molecule has 0 bridgehead atoms. The van der Waals surface area contributed by atoms with Crippen LogP contribution in [0.25, 0.3) is 0 Å². The van der Waals surface area contributed by atoms with Crippen LogP contribution in [0.2, 0.25) is 0 Å². The molecular weight excluding hydrogens is 212 g/mol. The minimum atomic E-state index is 0.228. The van der Waals surface area contributed by atoms with E-state index >= 15 is 0 Å². The zero-order valence-electron chi connectivity index (χ0n) is 10.7. The van der Waals surface area contributed by atoms with Gasteiger partial charge in [0.1, 0.15) is 0 Å². The lowest BCUT2D eigenvalue weighted by Gasteiger charge is -2.38. The van der Waals surface area contributed by atoms with E-state index in [0.29, 0.717) is 6.04 Å². The van der Waals surface area contributed by atoms with E-state index in [-0.39, 0.29) is 12.6 Å². The predicted molar refractivity (Wildman–Crippen MR) is 69.9 cm³/mol. The van der Waals surface area contributed by atoms with Crippen molar-refractivity contribution in [2.24, 2.45) is 0 Å². The van der Waals surface area contributed by atoms with Gasteiger partial charge in [0.25, 0.3) is 0 Å². The highest BCUT2D eigenvalue weighted by molar-refractivity contribution is 5.22. The summed E-state index contributed by atoms with van der Waals surface area (Å²) in [6, 6.07) is 9.35. The third kappa shape index (κ3) is 3.28. The molecule has 1 aromatic carbocycles. The summed E-state index contributed by atoms with van der Waals surface area (Å²) in [4.78, 5) is 2.37. The van der Waals surface area contributed by atoms with Crippen LogP contribution in [0.1, 0.15) is 18.1 Å². The van der Waals surface area contributed by atoms with Crippen molar-refractivity contribution >= 4 is 0 Å². The summed E-state index contributed by atoms with van der Waals surface area (Å²) < 4.78 is 0. The van der Waals surface area contributed by atoms with Crippen LogP contribution in [-0.4, -0.2) is 41.8 Å². The van der Waals surface area contributed by atoms with Crippen molar-refractivity contribution in [2.75, 3.05) is 19.7 Å². The van der Waals surface area contributed by atoms with Crippen LogP contribution in [0.3, 0.4) is 0 Å². The molecule has 1 saturated heterocycles. The molecule has 3 nitrogen and oxygen atoms in total. The number of hydrogen-bond donors (Lipinski definition) is 2. The van der Waals surface area contributed by atoms with E-state index < -0.39 is 0 Å². The summed E-state index contributed by atoms with van der Waals surface area (Å²) in [5.41, 5.74) is 2.63.